The Morgan fingerprint density at radius 3 is 1.42 bits per heavy atom. The van der Waals surface area contributed by atoms with E-state index in [4.69, 9.17) is 23.7 Å². The van der Waals surface area contributed by atoms with Crippen LogP contribution in [0.5, 0.6) is 23.0 Å². The summed E-state index contributed by atoms with van der Waals surface area (Å²) in [6, 6.07) is 23.0. The number of esters is 6. The summed E-state index contributed by atoms with van der Waals surface area (Å²) in [5, 5.41) is 2.62. The fraction of sp³-hybridized carbons (Fsp3) is 0.175. The predicted molar refractivity (Wildman–Crippen MR) is 188 cm³/mol. The molecule has 5 rings (SSSR count). The second-order valence-electron chi connectivity index (χ2n) is 11.6. The quantitative estimate of drug-likeness (QED) is 0.0973. The Morgan fingerprint density at radius 1 is 0.434 bits per heavy atom. The van der Waals surface area contributed by atoms with Gasteiger partial charge in [0.15, 0.2) is 0 Å². The van der Waals surface area contributed by atoms with Crippen LogP contribution in [0.25, 0.3) is 21.5 Å². The molecule has 53 heavy (non-hydrogen) atoms. The number of ether oxygens (including phenoxy) is 6. The van der Waals surface area contributed by atoms with Gasteiger partial charge in [0.2, 0.25) is 0 Å². The Bertz CT molecular complexity index is 2270. The number of carbonyl (C=O) groups excluding carboxylic acids is 7. The van der Waals surface area contributed by atoms with Crippen molar-refractivity contribution in [3.8, 4) is 23.0 Å². The number of Topliss-reactive ketones (excluding diaryl/α,β-unsaturated/α-hetero) is 1. The molecule has 0 saturated carbocycles. The Morgan fingerprint density at radius 2 is 0.887 bits per heavy atom. The summed E-state index contributed by atoms with van der Waals surface area (Å²) < 4.78 is 31.1. The van der Waals surface area contributed by atoms with Crippen LogP contribution in [-0.2, 0) is 28.7 Å². The Hall–Kier alpha value is -6.89. The fourth-order valence-electron chi connectivity index (χ4n) is 5.03. The van der Waals surface area contributed by atoms with E-state index in [1.54, 1.807) is 54.6 Å². The lowest BCUT2D eigenvalue weighted by molar-refractivity contribution is -0.144. The topological polar surface area (TPSA) is 175 Å². The van der Waals surface area contributed by atoms with Crippen LogP contribution in [0.3, 0.4) is 0 Å². The average Bonchev–Trinajstić information content (AvgIpc) is 3.15. The molecule has 13 heteroatoms. The lowest BCUT2D eigenvalue weighted by atomic mass is 10.1. The van der Waals surface area contributed by atoms with Gasteiger partial charge in [-0.25, -0.2) is 14.4 Å². The third-order valence-electron chi connectivity index (χ3n) is 7.77. The summed E-state index contributed by atoms with van der Waals surface area (Å²) in [5.74, 6) is -3.76. The van der Waals surface area contributed by atoms with Gasteiger partial charge in [0, 0.05) is 6.42 Å². The first-order valence-electron chi connectivity index (χ1n) is 16.1. The van der Waals surface area contributed by atoms with Crippen LogP contribution >= 0.6 is 0 Å². The van der Waals surface area contributed by atoms with E-state index >= 15 is 0 Å². The molecule has 0 atom stereocenters. The molecule has 0 aromatic heterocycles. The van der Waals surface area contributed by atoms with E-state index in [-0.39, 0.29) is 65.4 Å². The van der Waals surface area contributed by atoms with Gasteiger partial charge < -0.3 is 33.2 Å². The summed E-state index contributed by atoms with van der Waals surface area (Å²) in [4.78, 5) is 85.4. The molecule has 0 fully saturated rings. The molecule has 5 aromatic carbocycles. The number of ketones is 1. The van der Waals surface area contributed by atoms with Gasteiger partial charge in [0.25, 0.3) is 0 Å². The summed E-state index contributed by atoms with van der Waals surface area (Å²) in [6.07, 6.45) is -0.197. The van der Waals surface area contributed by atoms with Gasteiger partial charge >= 0.3 is 35.8 Å². The van der Waals surface area contributed by atoms with E-state index in [0.29, 0.717) is 27.3 Å². The van der Waals surface area contributed by atoms with Gasteiger partial charge in [-0.15, -0.1) is 0 Å². The van der Waals surface area contributed by atoms with Crippen molar-refractivity contribution in [2.24, 2.45) is 0 Å². The first-order chi connectivity index (χ1) is 25.4. The number of hydrogen-bond donors (Lipinski definition) is 0. The minimum atomic E-state index is -0.846. The number of benzene rings is 5. The summed E-state index contributed by atoms with van der Waals surface area (Å²) >= 11 is 0. The first-order valence-corrected chi connectivity index (χ1v) is 16.1. The molecule has 0 aliphatic heterocycles. The van der Waals surface area contributed by atoms with Crippen LogP contribution in [0.1, 0.15) is 63.7 Å². The summed E-state index contributed by atoms with van der Waals surface area (Å²) in [7, 11) is 2.38. The Kier molecular flexibility index (Phi) is 11.9. The van der Waals surface area contributed by atoms with Gasteiger partial charge in [-0.05, 0) is 95.2 Å². The van der Waals surface area contributed by atoms with Crippen molar-refractivity contribution in [3.05, 3.63) is 108 Å². The standard InChI is InChI=1S/C40H32O13/c1-23(41)4-15-36(43)50-30-11-9-24-18-28(7-5-26(24)20-30)38(45)52-32-13-14-34(33(22-32)40(47)49-3)53-39(46)29-8-6-27-21-31(12-10-25(27)19-29)51-37(44)17-16-35(42)48-2/h5-14,18-22H,4,15-17H2,1-3H3. The molecule has 13 nitrogen and oxygen atoms in total. The van der Waals surface area contributed by atoms with Crippen molar-refractivity contribution < 1.29 is 62.0 Å². The monoisotopic (exact) mass is 720 g/mol. The molecule has 0 heterocycles. The first kappa shape index (κ1) is 37.4. The Balaban J connectivity index is 1.26. The van der Waals surface area contributed by atoms with E-state index in [1.165, 1.54) is 50.4 Å². The van der Waals surface area contributed by atoms with Gasteiger partial charge in [-0.2, -0.15) is 0 Å². The Labute approximate surface area is 302 Å². The maximum atomic E-state index is 13.2. The smallest absolute Gasteiger partial charge is 0.343 e. The van der Waals surface area contributed by atoms with E-state index in [2.05, 4.69) is 4.74 Å². The third kappa shape index (κ3) is 9.88. The number of carbonyl (C=O) groups is 7. The van der Waals surface area contributed by atoms with E-state index in [9.17, 15) is 33.6 Å². The maximum Gasteiger partial charge on any atom is 0.343 e. The third-order valence-corrected chi connectivity index (χ3v) is 7.77. The highest BCUT2D eigenvalue weighted by atomic mass is 16.6. The number of methoxy groups -OCH3 is 2. The molecular weight excluding hydrogens is 688 g/mol. The van der Waals surface area contributed by atoms with Crippen LogP contribution in [0.4, 0.5) is 0 Å². The second-order valence-corrected chi connectivity index (χ2v) is 11.6. The predicted octanol–water partition coefficient (Wildman–Crippen LogP) is 6.35. The van der Waals surface area contributed by atoms with Gasteiger partial charge in [-0.3, -0.25) is 14.4 Å². The van der Waals surface area contributed by atoms with Crippen molar-refractivity contribution in [2.45, 2.75) is 32.6 Å². The zero-order chi connectivity index (χ0) is 38.1. The summed E-state index contributed by atoms with van der Waals surface area (Å²) in [6.45, 7) is 1.39. The molecular formula is C40H32O13. The average molecular weight is 721 g/mol. The molecule has 0 spiro atoms. The fourth-order valence-corrected chi connectivity index (χ4v) is 5.03. The SMILES string of the molecule is COC(=O)CCC(=O)Oc1ccc2cc(C(=O)Oc3ccc(OC(=O)c4ccc5cc(OC(=O)CCC(C)=O)ccc5c4)cc3C(=O)OC)ccc2c1. The lowest BCUT2D eigenvalue weighted by Crippen LogP contribution is -2.13. The molecule has 5 aromatic rings. The van der Waals surface area contributed by atoms with Crippen LogP contribution in [-0.4, -0.2) is 55.8 Å². The molecule has 0 saturated heterocycles. The van der Waals surface area contributed by atoms with Crippen molar-refractivity contribution in [1.29, 1.82) is 0 Å². The molecule has 0 aliphatic rings. The van der Waals surface area contributed by atoms with Crippen molar-refractivity contribution in [2.75, 3.05) is 14.2 Å². The van der Waals surface area contributed by atoms with E-state index in [0.717, 1.165) is 7.11 Å². The van der Waals surface area contributed by atoms with E-state index in [1.807, 2.05) is 0 Å². The molecule has 0 amide bonds. The second kappa shape index (κ2) is 16.9. The highest BCUT2D eigenvalue weighted by molar-refractivity contribution is 6.00. The van der Waals surface area contributed by atoms with Crippen molar-refractivity contribution >= 4 is 63.1 Å². The maximum absolute atomic E-state index is 13.2. The van der Waals surface area contributed by atoms with Gasteiger partial charge in [-0.1, -0.05) is 24.3 Å². The van der Waals surface area contributed by atoms with E-state index < -0.39 is 35.8 Å². The number of fused-ring (bicyclic) bond motifs is 2. The number of rotatable bonds is 13. The highest BCUT2D eigenvalue weighted by Crippen LogP contribution is 2.29. The normalized spacial score (nSPS) is 10.6. The molecule has 0 bridgehead atoms. The van der Waals surface area contributed by atoms with Crippen molar-refractivity contribution in [3.63, 3.8) is 0 Å². The van der Waals surface area contributed by atoms with Gasteiger partial charge in [0.1, 0.15) is 34.3 Å². The lowest BCUT2D eigenvalue weighted by Gasteiger charge is -2.12. The molecule has 0 radical (unpaired) electrons. The zero-order valence-corrected chi connectivity index (χ0v) is 28.8. The van der Waals surface area contributed by atoms with Crippen molar-refractivity contribution in [1.82, 2.24) is 0 Å². The minimum absolute atomic E-state index is 0.0179. The molecule has 0 unspecified atom stereocenters. The van der Waals surface area contributed by atoms with Crippen LogP contribution in [0, 0.1) is 0 Å². The highest BCUT2D eigenvalue weighted by Gasteiger charge is 2.21. The molecule has 270 valence electrons. The molecule has 0 aliphatic carbocycles. The van der Waals surface area contributed by atoms with Gasteiger partial charge in [0.05, 0.1) is 44.6 Å². The van der Waals surface area contributed by atoms with Crippen LogP contribution in [0.2, 0.25) is 0 Å². The largest absolute Gasteiger partial charge is 0.469 e. The molecule has 0 N–H and O–H groups in total. The van der Waals surface area contributed by atoms with Crippen LogP contribution in [0.15, 0.2) is 91.0 Å². The zero-order valence-electron chi connectivity index (χ0n) is 28.8. The number of hydrogen-bond acceptors (Lipinski definition) is 13. The minimum Gasteiger partial charge on any atom is -0.469 e. The van der Waals surface area contributed by atoms with Crippen LogP contribution < -0.4 is 18.9 Å². The summed E-state index contributed by atoms with van der Waals surface area (Å²) in [5.41, 5.74) is 0.176.